The number of aliphatic imine (C=N–C) groups is 1. The number of nitrogens with two attached hydrogens (primary N) is 1. The van der Waals surface area contributed by atoms with Gasteiger partial charge in [0.1, 0.15) is 0 Å². The number of allylic oxidation sites excluding steroid dienone is 2. The topological polar surface area (TPSA) is 51.3 Å². The number of nitrogens with zero attached hydrogens (tertiary/aromatic N) is 2. The maximum Gasteiger partial charge on any atom is 0.152 e. The van der Waals surface area contributed by atoms with E-state index in [0.29, 0.717) is 5.82 Å². The van der Waals surface area contributed by atoms with Crippen LogP contribution in [0.4, 0.5) is 5.82 Å². The van der Waals surface area contributed by atoms with Crippen molar-refractivity contribution in [1.82, 2.24) is 4.98 Å². The Bertz CT molecular complexity index is 594. The fraction of sp³-hybridized carbons (Fsp3) is 0.125. The van der Waals surface area contributed by atoms with Crippen molar-refractivity contribution in [1.29, 1.82) is 0 Å². The third kappa shape index (κ3) is 3.28. The molecule has 0 saturated heterocycles. The molecule has 0 spiro atoms. The van der Waals surface area contributed by atoms with Gasteiger partial charge in [0.2, 0.25) is 0 Å². The van der Waals surface area contributed by atoms with E-state index < -0.39 is 0 Å². The van der Waals surface area contributed by atoms with E-state index in [1.807, 2.05) is 62.4 Å². The van der Waals surface area contributed by atoms with Crippen LogP contribution in [0.25, 0.3) is 5.57 Å². The molecule has 0 unspecified atom stereocenters. The first-order chi connectivity index (χ1) is 9.18. The first-order valence-corrected chi connectivity index (χ1v) is 6.17. The van der Waals surface area contributed by atoms with E-state index in [-0.39, 0.29) is 0 Å². The minimum atomic E-state index is 0.690. The molecule has 96 valence electrons. The highest BCUT2D eigenvalue weighted by Crippen LogP contribution is 2.20. The van der Waals surface area contributed by atoms with Gasteiger partial charge in [0, 0.05) is 23.2 Å². The summed E-state index contributed by atoms with van der Waals surface area (Å²) in [4.78, 5) is 8.73. The zero-order valence-electron chi connectivity index (χ0n) is 11.2. The summed E-state index contributed by atoms with van der Waals surface area (Å²) in [6.45, 7) is 3.84. The van der Waals surface area contributed by atoms with E-state index in [1.165, 1.54) is 0 Å². The molecule has 3 nitrogen and oxygen atoms in total. The number of pyridine rings is 1. The fourth-order valence-electron chi connectivity index (χ4n) is 1.97. The lowest BCUT2D eigenvalue weighted by Crippen LogP contribution is -2.05. The highest BCUT2D eigenvalue weighted by molar-refractivity contribution is 6.24. The molecule has 3 heteroatoms. The lowest BCUT2D eigenvalue weighted by Gasteiger charge is -2.09. The quantitative estimate of drug-likeness (QED) is 0.848. The smallest absolute Gasteiger partial charge is 0.152 e. The van der Waals surface area contributed by atoms with Crippen LogP contribution in [0.1, 0.15) is 19.4 Å². The molecule has 0 bridgehead atoms. The number of hydrogen-bond acceptors (Lipinski definition) is 3. The zero-order valence-corrected chi connectivity index (χ0v) is 11.2. The predicted molar refractivity (Wildman–Crippen MR) is 80.2 cm³/mol. The molecule has 0 radical (unpaired) electrons. The molecule has 1 heterocycles. The maximum atomic E-state index is 6.00. The van der Waals surface area contributed by atoms with Crippen LogP contribution in [0, 0.1) is 0 Å². The normalized spacial score (nSPS) is 13.1. The van der Waals surface area contributed by atoms with Crippen LogP contribution < -0.4 is 5.73 Å². The summed E-state index contributed by atoms with van der Waals surface area (Å²) in [5.41, 5.74) is 9.65. The molecule has 1 aromatic carbocycles. The van der Waals surface area contributed by atoms with Crippen LogP contribution >= 0.6 is 0 Å². The van der Waals surface area contributed by atoms with Crippen molar-refractivity contribution in [3.63, 3.8) is 0 Å². The Morgan fingerprint density at radius 3 is 2.26 bits per heavy atom. The Hall–Kier alpha value is -2.42. The van der Waals surface area contributed by atoms with E-state index in [0.717, 1.165) is 22.5 Å². The van der Waals surface area contributed by atoms with Crippen LogP contribution in [-0.4, -0.2) is 10.7 Å². The van der Waals surface area contributed by atoms with Crippen LogP contribution in [0.5, 0.6) is 0 Å². The summed E-state index contributed by atoms with van der Waals surface area (Å²) >= 11 is 0. The largest absolute Gasteiger partial charge is 0.402 e. The van der Waals surface area contributed by atoms with E-state index in [9.17, 15) is 0 Å². The van der Waals surface area contributed by atoms with Gasteiger partial charge >= 0.3 is 0 Å². The third-order valence-electron chi connectivity index (χ3n) is 2.75. The van der Waals surface area contributed by atoms with Gasteiger partial charge in [0.25, 0.3) is 0 Å². The second-order valence-corrected chi connectivity index (χ2v) is 4.31. The molecule has 2 aromatic rings. The van der Waals surface area contributed by atoms with Gasteiger partial charge in [-0.1, -0.05) is 36.4 Å². The van der Waals surface area contributed by atoms with Crippen molar-refractivity contribution in [2.45, 2.75) is 13.8 Å². The molecule has 19 heavy (non-hydrogen) atoms. The van der Waals surface area contributed by atoms with Crippen LogP contribution in [0.15, 0.2) is 65.4 Å². The highest BCUT2D eigenvalue weighted by Gasteiger charge is 2.08. The molecule has 0 aliphatic heterocycles. The molecule has 1 aromatic heterocycles. The standard InChI is InChI=1S/C16H17N3/c1-12(17)16(14-8-4-3-5-9-14)13(2)19-15-10-6-7-11-18-15/h3-11H,17H2,1-2H3/b16-12+,19-13+. The van der Waals surface area contributed by atoms with Gasteiger partial charge in [-0.15, -0.1) is 0 Å². The van der Waals surface area contributed by atoms with Gasteiger partial charge in [-0.2, -0.15) is 0 Å². The summed E-state index contributed by atoms with van der Waals surface area (Å²) < 4.78 is 0. The molecule has 2 N–H and O–H groups in total. The van der Waals surface area contributed by atoms with Gasteiger partial charge in [-0.3, -0.25) is 0 Å². The van der Waals surface area contributed by atoms with E-state index in [1.54, 1.807) is 6.20 Å². The molecule has 0 atom stereocenters. The first-order valence-electron chi connectivity index (χ1n) is 6.17. The molecule has 0 aliphatic carbocycles. The van der Waals surface area contributed by atoms with Gasteiger partial charge in [-0.25, -0.2) is 9.98 Å². The van der Waals surface area contributed by atoms with E-state index >= 15 is 0 Å². The predicted octanol–water partition coefficient (Wildman–Crippen LogP) is 3.56. The third-order valence-corrected chi connectivity index (χ3v) is 2.75. The Balaban J connectivity index is 2.43. The van der Waals surface area contributed by atoms with Gasteiger partial charge in [0.05, 0.1) is 0 Å². The zero-order chi connectivity index (χ0) is 13.7. The highest BCUT2D eigenvalue weighted by atomic mass is 14.9. The number of rotatable bonds is 3. The molecule has 2 rings (SSSR count). The van der Waals surface area contributed by atoms with Crippen molar-refractivity contribution < 1.29 is 0 Å². The Kier molecular flexibility index (Phi) is 4.08. The molecule has 0 amide bonds. The molecule has 0 aliphatic rings. The summed E-state index contributed by atoms with van der Waals surface area (Å²) in [7, 11) is 0. The molecular weight excluding hydrogens is 234 g/mol. The summed E-state index contributed by atoms with van der Waals surface area (Å²) in [6.07, 6.45) is 1.73. The van der Waals surface area contributed by atoms with E-state index in [4.69, 9.17) is 5.73 Å². The Morgan fingerprint density at radius 1 is 1.00 bits per heavy atom. The average molecular weight is 251 g/mol. The monoisotopic (exact) mass is 251 g/mol. The molecule has 0 saturated carbocycles. The van der Waals surface area contributed by atoms with Crippen molar-refractivity contribution in [2.75, 3.05) is 0 Å². The molecular formula is C16H17N3. The second-order valence-electron chi connectivity index (χ2n) is 4.31. The Labute approximate surface area is 113 Å². The second kappa shape index (κ2) is 5.96. The lowest BCUT2D eigenvalue weighted by molar-refractivity contribution is 1.27. The number of aromatic nitrogens is 1. The minimum Gasteiger partial charge on any atom is -0.402 e. The summed E-state index contributed by atoms with van der Waals surface area (Å²) in [5, 5.41) is 0. The van der Waals surface area contributed by atoms with E-state index in [2.05, 4.69) is 9.98 Å². The van der Waals surface area contributed by atoms with Crippen molar-refractivity contribution >= 4 is 17.1 Å². The SMILES string of the molecule is C/C(N)=C(/C(C)=N/c1ccccn1)c1ccccc1. The van der Waals surface area contributed by atoms with Gasteiger partial charge in [-0.05, 0) is 31.5 Å². The number of benzene rings is 1. The first kappa shape index (κ1) is 13.0. The van der Waals surface area contributed by atoms with Crippen molar-refractivity contribution in [3.05, 3.63) is 66.0 Å². The van der Waals surface area contributed by atoms with Crippen LogP contribution in [0.3, 0.4) is 0 Å². The molecule has 0 fully saturated rings. The van der Waals surface area contributed by atoms with Crippen molar-refractivity contribution in [3.8, 4) is 0 Å². The average Bonchev–Trinajstić information content (AvgIpc) is 2.40. The summed E-state index contributed by atoms with van der Waals surface area (Å²) in [6, 6.07) is 15.7. The Morgan fingerprint density at radius 2 is 1.68 bits per heavy atom. The fourth-order valence-corrected chi connectivity index (χ4v) is 1.97. The number of hydrogen-bond donors (Lipinski definition) is 1. The van der Waals surface area contributed by atoms with Crippen LogP contribution in [-0.2, 0) is 0 Å². The minimum absolute atomic E-state index is 0.690. The lowest BCUT2D eigenvalue weighted by atomic mass is 10.0. The summed E-state index contributed by atoms with van der Waals surface area (Å²) in [5.74, 6) is 0.690. The van der Waals surface area contributed by atoms with Gasteiger partial charge < -0.3 is 5.73 Å². The van der Waals surface area contributed by atoms with Crippen LogP contribution in [0.2, 0.25) is 0 Å². The maximum absolute atomic E-state index is 6.00. The van der Waals surface area contributed by atoms with Gasteiger partial charge in [0.15, 0.2) is 5.82 Å². The van der Waals surface area contributed by atoms with Crippen molar-refractivity contribution in [2.24, 2.45) is 10.7 Å².